The number of carbonyl (C=O) groups excluding carboxylic acids is 1. The number of hydrogen-bond donors (Lipinski definition) is 0. The van der Waals surface area contributed by atoms with Crippen LogP contribution in [0.5, 0.6) is 5.75 Å². The molecule has 166 valence electrons. The van der Waals surface area contributed by atoms with Crippen molar-refractivity contribution >= 4 is 17.1 Å². The maximum Gasteiger partial charge on any atom is 0.514 e. The molecule has 0 aliphatic rings. The Morgan fingerprint density at radius 2 is 1.24 bits per heavy atom. The lowest BCUT2D eigenvalue weighted by Gasteiger charge is -2.24. The molecule has 0 fully saturated rings. The maximum atomic E-state index is 15.0. The summed E-state index contributed by atoms with van der Waals surface area (Å²) < 4.78 is 25.7. The molecule has 0 heterocycles. The highest BCUT2D eigenvalue weighted by Crippen LogP contribution is 2.33. The summed E-state index contributed by atoms with van der Waals surface area (Å²) in [5.74, 6) is -0.788. The van der Waals surface area contributed by atoms with Gasteiger partial charge in [0.1, 0.15) is 5.60 Å². The highest BCUT2D eigenvalue weighted by molar-refractivity contribution is 7.97. The van der Waals surface area contributed by atoms with Crippen LogP contribution < -0.4 is 4.74 Å². The van der Waals surface area contributed by atoms with Crippen LogP contribution in [0.3, 0.4) is 0 Å². The summed E-state index contributed by atoms with van der Waals surface area (Å²) in [6.07, 6.45) is -0.958. The van der Waals surface area contributed by atoms with E-state index < -0.39 is 28.5 Å². The number of rotatable bonds is 6. The number of carbonyl (C=O) groups is 1. The lowest BCUT2D eigenvalue weighted by Crippen LogP contribution is -2.27. The minimum atomic E-state index is -0.958. The molecule has 0 saturated carbocycles. The van der Waals surface area contributed by atoms with Crippen molar-refractivity contribution in [1.29, 1.82) is 0 Å². The topological polar surface area (TPSA) is 35.5 Å². The van der Waals surface area contributed by atoms with Gasteiger partial charge in [0.05, 0.1) is 10.9 Å². The summed E-state index contributed by atoms with van der Waals surface area (Å²) in [6.45, 7) is 3.52. The van der Waals surface area contributed by atoms with Gasteiger partial charge in [-0.3, -0.25) is 0 Å². The normalized spacial score (nSPS) is 11.3. The van der Waals surface area contributed by atoms with Gasteiger partial charge < -0.3 is 9.47 Å². The van der Waals surface area contributed by atoms with Crippen LogP contribution in [-0.4, -0.2) is 6.16 Å². The molecule has 0 N–H and O–H groups in total. The van der Waals surface area contributed by atoms with Crippen LogP contribution in [0.25, 0.3) is 0 Å². The monoisotopic (exact) mass is 459 g/mol. The molecular weight excluding hydrogens is 435 g/mol. The molecule has 0 atom stereocenters. The van der Waals surface area contributed by atoms with E-state index in [0.29, 0.717) is 0 Å². The van der Waals surface area contributed by atoms with Gasteiger partial charge in [-0.15, -0.1) is 0 Å². The van der Waals surface area contributed by atoms with Gasteiger partial charge in [0.15, 0.2) is 26.3 Å². The first kappa shape index (κ1) is 22.6. The first-order valence-corrected chi connectivity index (χ1v) is 11.8. The molecule has 4 rings (SSSR count). The maximum absolute atomic E-state index is 15.0. The fourth-order valence-corrected chi connectivity index (χ4v) is 5.53. The zero-order valence-corrected chi connectivity index (χ0v) is 19.2. The van der Waals surface area contributed by atoms with Crippen molar-refractivity contribution in [2.75, 3.05) is 0 Å². The Kier molecular flexibility index (Phi) is 6.80. The molecule has 3 nitrogen and oxygen atoms in total. The zero-order chi connectivity index (χ0) is 23.3. The highest BCUT2D eigenvalue weighted by Gasteiger charge is 2.31. The summed E-state index contributed by atoms with van der Waals surface area (Å²) >= 11 is 0. The van der Waals surface area contributed by atoms with Gasteiger partial charge in [0, 0.05) is 6.07 Å². The molecule has 0 bridgehead atoms. The fourth-order valence-electron chi connectivity index (χ4n) is 3.43. The molecule has 33 heavy (non-hydrogen) atoms. The van der Waals surface area contributed by atoms with E-state index in [1.807, 2.05) is 91.0 Å². The molecule has 0 aliphatic heterocycles. The number of ether oxygens (including phenoxy) is 2. The van der Waals surface area contributed by atoms with E-state index in [1.165, 1.54) is 12.1 Å². The fraction of sp³-hybridized carbons (Fsp3) is 0.107. The van der Waals surface area contributed by atoms with Crippen molar-refractivity contribution in [3.05, 3.63) is 121 Å². The minimum Gasteiger partial charge on any atom is -0.423 e. The van der Waals surface area contributed by atoms with Gasteiger partial charge in [-0.1, -0.05) is 66.7 Å². The van der Waals surface area contributed by atoms with Crippen LogP contribution in [0.1, 0.15) is 19.4 Å². The second kappa shape index (κ2) is 9.92. The Bertz CT molecular complexity index is 1170. The smallest absolute Gasteiger partial charge is 0.423 e. The van der Waals surface area contributed by atoms with Crippen LogP contribution in [0.2, 0.25) is 0 Å². The summed E-state index contributed by atoms with van der Waals surface area (Å²) in [7, 11) is -0.498. The minimum absolute atomic E-state index is 0.169. The van der Waals surface area contributed by atoms with E-state index >= 15 is 4.39 Å². The lowest BCUT2D eigenvalue weighted by atomic mass is 9.98. The van der Waals surface area contributed by atoms with Crippen molar-refractivity contribution in [3.8, 4) is 5.75 Å². The SMILES string of the molecule is CC(C)(OC(=O)Oc1ccc([S+](c2ccccc2)c2ccccc2)cc1F)c1ccccc1. The summed E-state index contributed by atoms with van der Waals surface area (Å²) in [5, 5.41) is 0. The van der Waals surface area contributed by atoms with Crippen LogP contribution in [0.15, 0.2) is 124 Å². The number of hydrogen-bond acceptors (Lipinski definition) is 3. The van der Waals surface area contributed by atoms with Crippen LogP contribution >= 0.6 is 0 Å². The summed E-state index contributed by atoms with van der Waals surface area (Å²) in [5.41, 5.74) is -0.102. The Balaban J connectivity index is 1.56. The van der Waals surface area contributed by atoms with Crippen LogP contribution in [-0.2, 0) is 21.2 Å². The van der Waals surface area contributed by atoms with Crippen molar-refractivity contribution in [1.82, 2.24) is 0 Å². The average molecular weight is 460 g/mol. The van der Waals surface area contributed by atoms with Crippen LogP contribution in [0.4, 0.5) is 9.18 Å². The lowest BCUT2D eigenvalue weighted by molar-refractivity contribution is 0.00564. The molecule has 0 amide bonds. The van der Waals surface area contributed by atoms with Crippen molar-refractivity contribution < 1.29 is 18.7 Å². The quantitative estimate of drug-likeness (QED) is 0.172. The molecule has 5 heteroatoms. The first-order chi connectivity index (χ1) is 15.9. The number of benzene rings is 4. The molecule has 0 aliphatic carbocycles. The zero-order valence-electron chi connectivity index (χ0n) is 18.4. The predicted molar refractivity (Wildman–Crippen MR) is 128 cm³/mol. The van der Waals surface area contributed by atoms with Crippen LogP contribution in [0, 0.1) is 5.82 Å². The first-order valence-electron chi connectivity index (χ1n) is 10.5. The molecule has 4 aromatic carbocycles. The second-order valence-corrected chi connectivity index (χ2v) is 9.88. The van der Waals surface area contributed by atoms with E-state index in [9.17, 15) is 4.79 Å². The molecule has 0 spiro atoms. The van der Waals surface area contributed by atoms with E-state index in [4.69, 9.17) is 9.47 Å². The van der Waals surface area contributed by atoms with Gasteiger partial charge in [0.25, 0.3) is 0 Å². The van der Waals surface area contributed by atoms with Gasteiger partial charge >= 0.3 is 6.16 Å². The third kappa shape index (κ3) is 5.44. The Hall–Kier alpha value is -3.57. The van der Waals surface area contributed by atoms with Crippen molar-refractivity contribution in [2.24, 2.45) is 0 Å². The molecular formula is C28H24FO3S+. The van der Waals surface area contributed by atoms with Gasteiger partial charge in [-0.05, 0) is 55.8 Å². The molecule has 4 aromatic rings. The van der Waals surface area contributed by atoms with Crippen molar-refractivity contribution in [2.45, 2.75) is 34.1 Å². The summed E-state index contributed by atoms with van der Waals surface area (Å²) in [4.78, 5) is 15.3. The Labute approximate surface area is 196 Å². The van der Waals surface area contributed by atoms with Crippen molar-refractivity contribution in [3.63, 3.8) is 0 Å². The van der Waals surface area contributed by atoms with E-state index in [0.717, 1.165) is 20.2 Å². The van der Waals surface area contributed by atoms with Gasteiger partial charge in [-0.25, -0.2) is 9.18 Å². The van der Waals surface area contributed by atoms with E-state index in [-0.39, 0.29) is 5.75 Å². The molecule has 0 aromatic heterocycles. The highest BCUT2D eigenvalue weighted by atomic mass is 32.2. The Morgan fingerprint density at radius 1 is 0.727 bits per heavy atom. The summed E-state index contributed by atoms with van der Waals surface area (Å²) in [6, 6.07) is 33.9. The third-order valence-electron chi connectivity index (χ3n) is 5.10. The number of halogens is 1. The van der Waals surface area contributed by atoms with E-state index in [1.54, 1.807) is 19.9 Å². The van der Waals surface area contributed by atoms with Gasteiger partial charge in [0.2, 0.25) is 0 Å². The largest absolute Gasteiger partial charge is 0.514 e. The molecule has 0 saturated heterocycles. The van der Waals surface area contributed by atoms with Gasteiger partial charge in [-0.2, -0.15) is 0 Å². The van der Waals surface area contributed by atoms with E-state index in [2.05, 4.69) is 0 Å². The molecule has 0 unspecified atom stereocenters. The average Bonchev–Trinajstić information content (AvgIpc) is 2.83. The predicted octanol–water partition coefficient (Wildman–Crippen LogP) is 7.37. The standard InChI is InChI=1S/C28H24FO3S/c1-28(2,21-12-6-3-7-13-21)32-27(30)31-26-19-18-24(20-25(26)29)33(22-14-8-4-9-15-22)23-16-10-5-11-17-23/h3-20H,1-2H3/q+1. The Morgan fingerprint density at radius 3 is 1.76 bits per heavy atom. The second-order valence-electron chi connectivity index (χ2n) is 7.85. The third-order valence-corrected chi connectivity index (χ3v) is 7.31. The molecule has 0 radical (unpaired) electrons.